The molecule has 160 valence electrons. The van der Waals surface area contributed by atoms with Crippen molar-refractivity contribution in [2.75, 3.05) is 6.61 Å². The number of hydrogen-bond acceptors (Lipinski definition) is 4. The monoisotopic (exact) mass is 564 g/mol. The number of ether oxygens (including phenoxy) is 2. The minimum absolute atomic E-state index is 0.301. The molecule has 0 radical (unpaired) electrons. The summed E-state index contributed by atoms with van der Waals surface area (Å²) in [5, 5.41) is 4.73. The summed E-state index contributed by atoms with van der Waals surface area (Å²) in [5.74, 6) is 0.863. The van der Waals surface area contributed by atoms with Gasteiger partial charge in [0.25, 0.3) is 5.91 Å². The molecule has 3 aromatic carbocycles. The minimum Gasteiger partial charge on any atom is -0.490 e. The first-order chi connectivity index (χ1) is 15.0. The SMILES string of the molecule is CCOc1cc(/C=N\NC(=O)c2cccc(Br)c2)cc(Br)c1OCc1ccc(Cl)cc1. The van der Waals surface area contributed by atoms with Crippen LogP contribution in [0.3, 0.4) is 0 Å². The van der Waals surface area contributed by atoms with Crippen LogP contribution in [0.5, 0.6) is 11.5 Å². The Kier molecular flexibility index (Phi) is 8.51. The van der Waals surface area contributed by atoms with Gasteiger partial charge in [0.15, 0.2) is 11.5 Å². The van der Waals surface area contributed by atoms with E-state index < -0.39 is 0 Å². The Balaban J connectivity index is 1.72. The van der Waals surface area contributed by atoms with Crippen LogP contribution in [0.4, 0.5) is 0 Å². The third-order valence-corrected chi connectivity index (χ3v) is 5.43. The predicted octanol–water partition coefficient (Wildman–Crippen LogP) is 6.61. The zero-order valence-corrected chi connectivity index (χ0v) is 20.5. The summed E-state index contributed by atoms with van der Waals surface area (Å²) in [6, 6.07) is 18.2. The van der Waals surface area contributed by atoms with E-state index in [4.69, 9.17) is 21.1 Å². The van der Waals surface area contributed by atoms with Crippen LogP contribution >= 0.6 is 43.5 Å². The zero-order valence-electron chi connectivity index (χ0n) is 16.6. The van der Waals surface area contributed by atoms with E-state index in [1.54, 1.807) is 30.5 Å². The highest BCUT2D eigenvalue weighted by Gasteiger charge is 2.12. The maximum absolute atomic E-state index is 12.2. The molecule has 0 spiro atoms. The molecule has 1 N–H and O–H groups in total. The van der Waals surface area contributed by atoms with Crippen LogP contribution in [0.15, 0.2) is 74.7 Å². The molecule has 1 amide bonds. The fraction of sp³-hybridized carbons (Fsp3) is 0.130. The Bertz CT molecular complexity index is 1090. The normalized spacial score (nSPS) is 10.8. The van der Waals surface area contributed by atoms with Crippen LogP contribution in [0.25, 0.3) is 0 Å². The maximum Gasteiger partial charge on any atom is 0.271 e. The average molecular weight is 567 g/mol. The van der Waals surface area contributed by atoms with Crippen LogP contribution in [0, 0.1) is 0 Å². The Labute approximate surface area is 202 Å². The summed E-state index contributed by atoms with van der Waals surface area (Å²) in [7, 11) is 0. The van der Waals surface area contributed by atoms with Crippen LogP contribution in [-0.2, 0) is 6.61 Å². The summed E-state index contributed by atoms with van der Waals surface area (Å²) >= 11 is 12.8. The van der Waals surface area contributed by atoms with Crippen molar-refractivity contribution in [3.05, 3.63) is 91.3 Å². The number of carbonyl (C=O) groups is 1. The van der Waals surface area contributed by atoms with E-state index in [1.165, 1.54) is 0 Å². The molecule has 3 rings (SSSR count). The number of benzene rings is 3. The molecule has 5 nitrogen and oxygen atoms in total. The molecule has 8 heteroatoms. The molecule has 31 heavy (non-hydrogen) atoms. The number of carbonyl (C=O) groups excluding carboxylic acids is 1. The molecule has 0 aliphatic rings. The lowest BCUT2D eigenvalue weighted by Crippen LogP contribution is -2.17. The van der Waals surface area contributed by atoms with Crippen molar-refractivity contribution < 1.29 is 14.3 Å². The van der Waals surface area contributed by atoms with Gasteiger partial charge < -0.3 is 9.47 Å². The number of halogens is 3. The van der Waals surface area contributed by atoms with Gasteiger partial charge in [-0.1, -0.05) is 45.7 Å². The molecule has 0 aliphatic heterocycles. The summed E-state index contributed by atoms with van der Waals surface area (Å²) in [4.78, 5) is 12.2. The minimum atomic E-state index is -0.301. The lowest BCUT2D eigenvalue weighted by molar-refractivity contribution is 0.0955. The van der Waals surface area contributed by atoms with E-state index in [1.807, 2.05) is 43.3 Å². The lowest BCUT2D eigenvalue weighted by Gasteiger charge is -2.14. The highest BCUT2D eigenvalue weighted by atomic mass is 79.9. The first-order valence-corrected chi connectivity index (χ1v) is 11.3. The molecule has 0 bridgehead atoms. The van der Waals surface area contributed by atoms with Gasteiger partial charge in [-0.3, -0.25) is 4.79 Å². The molecule has 3 aromatic rings. The summed E-state index contributed by atoms with van der Waals surface area (Å²) in [6.45, 7) is 2.74. The van der Waals surface area contributed by atoms with Gasteiger partial charge in [0, 0.05) is 15.1 Å². The number of rotatable bonds is 8. The second kappa shape index (κ2) is 11.3. The van der Waals surface area contributed by atoms with Crippen molar-refractivity contribution in [3.8, 4) is 11.5 Å². The molecule has 0 atom stereocenters. The zero-order chi connectivity index (χ0) is 22.2. The van der Waals surface area contributed by atoms with Crippen molar-refractivity contribution in [1.82, 2.24) is 5.43 Å². The molecule has 0 aromatic heterocycles. The third kappa shape index (κ3) is 6.82. The van der Waals surface area contributed by atoms with E-state index in [-0.39, 0.29) is 5.91 Å². The molecule has 0 unspecified atom stereocenters. The fourth-order valence-corrected chi connectivity index (χ4v) is 3.76. The summed E-state index contributed by atoms with van der Waals surface area (Å²) in [6.07, 6.45) is 1.55. The molecule has 0 aliphatic carbocycles. The lowest BCUT2D eigenvalue weighted by atomic mass is 10.2. The van der Waals surface area contributed by atoms with Crippen LogP contribution in [0.2, 0.25) is 5.02 Å². The van der Waals surface area contributed by atoms with Crippen LogP contribution in [0.1, 0.15) is 28.4 Å². The van der Waals surface area contributed by atoms with Gasteiger partial charge in [-0.15, -0.1) is 0 Å². The molecule has 0 heterocycles. The third-order valence-electron chi connectivity index (χ3n) is 4.09. The highest BCUT2D eigenvalue weighted by molar-refractivity contribution is 9.10. The van der Waals surface area contributed by atoms with E-state index in [0.717, 1.165) is 15.6 Å². The second-order valence-corrected chi connectivity index (χ2v) is 8.59. The number of nitrogens with zero attached hydrogens (tertiary/aromatic N) is 1. The molecule has 0 saturated heterocycles. The van der Waals surface area contributed by atoms with Crippen molar-refractivity contribution in [2.45, 2.75) is 13.5 Å². The largest absolute Gasteiger partial charge is 0.490 e. The van der Waals surface area contributed by atoms with E-state index in [9.17, 15) is 4.79 Å². The topological polar surface area (TPSA) is 59.9 Å². The number of nitrogens with one attached hydrogen (secondary N) is 1. The average Bonchev–Trinajstić information content (AvgIpc) is 2.74. The van der Waals surface area contributed by atoms with Gasteiger partial charge in [0.2, 0.25) is 0 Å². The molecular formula is C23H19Br2ClN2O3. The smallest absolute Gasteiger partial charge is 0.271 e. The first kappa shape index (κ1) is 23.3. The van der Waals surface area contributed by atoms with Crippen LogP contribution < -0.4 is 14.9 Å². The van der Waals surface area contributed by atoms with Crippen LogP contribution in [-0.4, -0.2) is 18.7 Å². The van der Waals surface area contributed by atoms with Gasteiger partial charge in [-0.05, 0) is 76.4 Å². The summed E-state index contributed by atoms with van der Waals surface area (Å²) < 4.78 is 13.3. The maximum atomic E-state index is 12.2. The summed E-state index contributed by atoms with van der Waals surface area (Å²) in [5.41, 5.74) is 4.76. The van der Waals surface area contributed by atoms with E-state index >= 15 is 0 Å². The second-order valence-electron chi connectivity index (χ2n) is 6.39. The quantitative estimate of drug-likeness (QED) is 0.247. The van der Waals surface area contributed by atoms with Gasteiger partial charge >= 0.3 is 0 Å². The Morgan fingerprint density at radius 2 is 1.87 bits per heavy atom. The first-order valence-electron chi connectivity index (χ1n) is 9.39. The fourth-order valence-electron chi connectivity index (χ4n) is 2.66. The highest BCUT2D eigenvalue weighted by Crippen LogP contribution is 2.37. The standard InChI is InChI=1S/C23H19Br2ClN2O3/c1-2-30-21-11-16(13-27-28-23(29)17-4-3-5-18(24)12-17)10-20(25)22(21)31-14-15-6-8-19(26)9-7-15/h3-13H,2,14H2,1H3,(H,28,29)/b27-13-. The van der Waals surface area contributed by atoms with Gasteiger partial charge in [0.1, 0.15) is 6.61 Å². The van der Waals surface area contributed by atoms with Crippen molar-refractivity contribution >= 4 is 55.6 Å². The van der Waals surface area contributed by atoms with E-state index in [0.29, 0.717) is 39.8 Å². The number of hydrazone groups is 1. The van der Waals surface area contributed by atoms with E-state index in [2.05, 4.69) is 42.4 Å². The number of amides is 1. The van der Waals surface area contributed by atoms with Gasteiger partial charge in [-0.25, -0.2) is 5.43 Å². The molecule has 0 fully saturated rings. The van der Waals surface area contributed by atoms with Crippen molar-refractivity contribution in [1.29, 1.82) is 0 Å². The Hall–Kier alpha value is -2.35. The van der Waals surface area contributed by atoms with Gasteiger partial charge in [-0.2, -0.15) is 5.10 Å². The number of hydrogen-bond donors (Lipinski definition) is 1. The predicted molar refractivity (Wildman–Crippen MR) is 130 cm³/mol. The van der Waals surface area contributed by atoms with Gasteiger partial charge in [0.05, 0.1) is 17.3 Å². The Morgan fingerprint density at radius 3 is 2.58 bits per heavy atom. The molecular weight excluding hydrogens is 548 g/mol. The van der Waals surface area contributed by atoms with Crippen molar-refractivity contribution in [2.24, 2.45) is 5.10 Å². The molecule has 0 saturated carbocycles. The Morgan fingerprint density at radius 1 is 1.10 bits per heavy atom. The van der Waals surface area contributed by atoms with Crippen molar-refractivity contribution in [3.63, 3.8) is 0 Å².